The molecule has 2 atom stereocenters. The molecular weight excluding hydrogens is 438 g/mol. The highest BCUT2D eigenvalue weighted by molar-refractivity contribution is 7.09. The van der Waals surface area contributed by atoms with Crippen LogP contribution in [0.2, 0.25) is 0 Å². The van der Waals surface area contributed by atoms with Gasteiger partial charge in [0, 0.05) is 39.8 Å². The Morgan fingerprint density at radius 3 is 2.88 bits per heavy atom. The number of nitrogens with zero attached hydrogens (tertiary/aromatic N) is 1. The third kappa shape index (κ3) is 6.28. The lowest BCUT2D eigenvalue weighted by Gasteiger charge is -2.29. The highest BCUT2D eigenvalue weighted by atomic mass is 32.1. The molecule has 0 bridgehead atoms. The third-order valence-corrected chi connectivity index (χ3v) is 6.81. The fraction of sp³-hybridized carbons (Fsp3) is 0.480. The summed E-state index contributed by atoms with van der Waals surface area (Å²) in [7, 11) is 0. The number of carbonyl (C=O) groups is 2. The molecule has 1 aliphatic carbocycles. The molecule has 2 N–H and O–H groups in total. The van der Waals surface area contributed by atoms with Gasteiger partial charge in [-0.1, -0.05) is 37.6 Å². The maximum absolute atomic E-state index is 13.4. The van der Waals surface area contributed by atoms with Gasteiger partial charge in [0.15, 0.2) is 0 Å². The molecule has 0 aromatic carbocycles. The van der Waals surface area contributed by atoms with E-state index in [-0.39, 0.29) is 26.5 Å². The van der Waals surface area contributed by atoms with Gasteiger partial charge in [0.25, 0.3) is 5.89 Å². The molecule has 1 amide bonds. The van der Waals surface area contributed by atoms with Crippen molar-refractivity contribution in [1.82, 2.24) is 15.6 Å². The first-order valence-corrected chi connectivity index (χ1v) is 12.6. The van der Waals surface area contributed by atoms with Gasteiger partial charge in [0.2, 0.25) is 11.7 Å². The highest BCUT2D eigenvalue weighted by Crippen LogP contribution is 2.19. The first-order valence-electron chi connectivity index (χ1n) is 11.7. The van der Waals surface area contributed by atoms with Gasteiger partial charge in [-0.2, -0.15) is 0 Å². The van der Waals surface area contributed by atoms with Crippen LogP contribution >= 0.6 is 11.3 Å². The van der Waals surface area contributed by atoms with Crippen molar-refractivity contribution >= 4 is 29.1 Å². The van der Waals surface area contributed by atoms with Crippen LogP contribution in [0.15, 0.2) is 40.2 Å². The lowest BCUT2D eigenvalue weighted by molar-refractivity contribution is -0.124. The van der Waals surface area contributed by atoms with Gasteiger partial charge in [-0.3, -0.25) is 9.59 Å². The predicted molar refractivity (Wildman–Crippen MR) is 133 cm³/mol. The van der Waals surface area contributed by atoms with Crippen LogP contribution in [0.3, 0.4) is 0 Å². The van der Waals surface area contributed by atoms with Crippen LogP contribution < -0.4 is 10.6 Å². The summed E-state index contributed by atoms with van der Waals surface area (Å²) in [5.41, 5.74) is 0.668. The second-order valence-corrected chi connectivity index (χ2v) is 9.45. The van der Waals surface area contributed by atoms with Crippen molar-refractivity contribution < 1.29 is 21.6 Å². The summed E-state index contributed by atoms with van der Waals surface area (Å²) in [5.74, 6) is 0.279. The zero-order valence-electron chi connectivity index (χ0n) is 18.9. The molecule has 8 heteroatoms. The van der Waals surface area contributed by atoms with E-state index in [1.165, 1.54) is 0 Å². The molecule has 1 fully saturated rings. The number of thiophene rings is 1. The van der Waals surface area contributed by atoms with E-state index in [0.717, 1.165) is 24.1 Å². The first-order chi connectivity index (χ1) is 16.1. The van der Waals surface area contributed by atoms with E-state index in [0.29, 0.717) is 43.9 Å². The Balaban J connectivity index is 0.00000216. The fourth-order valence-electron chi connectivity index (χ4n) is 4.13. The number of ketones is 1. The number of ether oxygens (including phenoxy) is 1. The first kappa shape index (κ1) is 23.6. The van der Waals surface area contributed by atoms with Crippen LogP contribution in [0.1, 0.15) is 62.5 Å². The van der Waals surface area contributed by atoms with Crippen molar-refractivity contribution in [1.29, 1.82) is 0 Å². The number of nitrogens with one attached hydrogen (secondary N) is 2. The molecule has 7 nitrogen and oxygen atoms in total. The van der Waals surface area contributed by atoms with Crippen molar-refractivity contribution in [3.63, 3.8) is 0 Å². The van der Waals surface area contributed by atoms with Gasteiger partial charge in [-0.05, 0) is 36.8 Å². The minimum Gasteiger partial charge on any atom is -0.438 e. The molecule has 0 radical (unpaired) electrons. The average Bonchev–Trinajstić information content (AvgIpc) is 3.43. The Kier molecular flexibility index (Phi) is 8.25. The molecule has 3 heterocycles. The summed E-state index contributed by atoms with van der Waals surface area (Å²) in [5, 5.41) is 8.53. The second kappa shape index (κ2) is 11.5. The number of allylic oxidation sites excluding steroid dienone is 3. The maximum atomic E-state index is 13.4. The lowest BCUT2D eigenvalue weighted by atomic mass is 10.0. The van der Waals surface area contributed by atoms with E-state index in [1.807, 2.05) is 48.7 Å². The monoisotopic (exact) mass is 473 g/mol. The van der Waals surface area contributed by atoms with Crippen LogP contribution in [0, 0.1) is 0 Å². The Morgan fingerprint density at radius 2 is 2.12 bits per heavy atom. The van der Waals surface area contributed by atoms with E-state index < -0.39 is 12.1 Å². The number of oxazole rings is 1. The summed E-state index contributed by atoms with van der Waals surface area (Å²) < 4.78 is 11.2. The number of amides is 1. The highest BCUT2D eigenvalue weighted by Gasteiger charge is 2.31. The zero-order valence-corrected chi connectivity index (χ0v) is 19.7. The molecule has 0 unspecified atom stereocenters. The molecule has 0 saturated carbocycles. The summed E-state index contributed by atoms with van der Waals surface area (Å²) in [4.78, 5) is 32.2. The number of fused-ring (bicyclic) bond motifs is 1. The van der Waals surface area contributed by atoms with Gasteiger partial charge in [-0.15, -0.1) is 11.3 Å². The number of rotatable bonds is 10. The fourth-order valence-corrected chi connectivity index (χ4v) is 4.88. The lowest BCUT2D eigenvalue weighted by Crippen LogP contribution is -2.54. The Hall–Kier alpha value is -2.55. The van der Waals surface area contributed by atoms with Gasteiger partial charge < -0.3 is 19.8 Å². The summed E-state index contributed by atoms with van der Waals surface area (Å²) in [6.45, 7) is 3.38. The van der Waals surface area contributed by atoms with Crippen molar-refractivity contribution in [2.75, 3.05) is 13.2 Å². The maximum Gasteiger partial charge on any atom is 0.266 e. The van der Waals surface area contributed by atoms with E-state index >= 15 is 0 Å². The van der Waals surface area contributed by atoms with Crippen LogP contribution in [0.4, 0.5) is 0 Å². The molecule has 1 saturated heterocycles. The topological polar surface area (TPSA) is 93.5 Å². The minimum absolute atomic E-state index is 0. The van der Waals surface area contributed by atoms with Gasteiger partial charge in [0.05, 0.1) is 12.1 Å². The Morgan fingerprint density at radius 1 is 1.27 bits per heavy atom. The molecule has 180 valence electrons. The predicted octanol–water partition coefficient (Wildman–Crippen LogP) is 4.20. The number of hydrogen-bond acceptors (Lipinski definition) is 7. The zero-order chi connectivity index (χ0) is 23.0. The van der Waals surface area contributed by atoms with Crippen LogP contribution in [-0.4, -0.2) is 48.0 Å². The molecule has 0 spiro atoms. The van der Waals surface area contributed by atoms with Gasteiger partial charge >= 0.3 is 0 Å². The number of Topliss-reactive ketones (excluding diaryl/α,β-unsaturated/α-hetero) is 1. The molecule has 1 aliphatic heterocycles. The number of carbonyl (C=O) groups excluding carboxylic acids is 2. The molecule has 2 aromatic rings. The molecular formula is C25H35N3O4S. The van der Waals surface area contributed by atoms with Crippen molar-refractivity contribution in [3.05, 3.63) is 58.0 Å². The SMILES string of the molecule is CCC[C@H](NC(=O)[C@H](Cc1cccs1)NC1CCOCC1)C(=O)c1nc2c(o1)CC=CC=C2.[HH].[HH]. The summed E-state index contributed by atoms with van der Waals surface area (Å²) in [6.07, 6.45) is 11.8. The third-order valence-electron chi connectivity index (χ3n) is 5.91. The van der Waals surface area contributed by atoms with Gasteiger partial charge in [-0.25, -0.2) is 4.98 Å². The molecule has 33 heavy (non-hydrogen) atoms. The molecule has 2 aromatic heterocycles. The Labute approximate surface area is 201 Å². The largest absolute Gasteiger partial charge is 0.438 e. The molecule has 2 aliphatic rings. The smallest absolute Gasteiger partial charge is 0.266 e. The standard InChI is InChI=1S/C25H31N3O4S.2H2/c1-2-7-20(23(29)25-28-19-9-4-3-5-10-22(19)32-25)27-24(30)21(16-18-8-6-15-33-18)26-17-11-13-31-14-12-17;;/h3-6,8-9,15,17,20-21,26H,2,7,10-14,16H2,1H3,(H,27,30);2*1H/t20-,21-;;/m0../s1. The number of aromatic nitrogens is 1. The van der Waals surface area contributed by atoms with E-state index in [4.69, 9.17) is 9.15 Å². The second-order valence-electron chi connectivity index (χ2n) is 8.42. The van der Waals surface area contributed by atoms with Crippen molar-refractivity contribution in [2.24, 2.45) is 0 Å². The average molecular weight is 474 g/mol. The normalized spacial score (nSPS) is 17.8. The number of hydrogen-bond donors (Lipinski definition) is 2. The van der Waals surface area contributed by atoms with E-state index in [2.05, 4.69) is 15.6 Å². The Bertz CT molecular complexity index is 1000. The van der Waals surface area contributed by atoms with Crippen molar-refractivity contribution in [2.45, 2.75) is 63.6 Å². The van der Waals surface area contributed by atoms with Crippen LogP contribution in [-0.2, 0) is 22.4 Å². The van der Waals surface area contributed by atoms with E-state index in [1.54, 1.807) is 11.3 Å². The molecule has 4 rings (SSSR count). The summed E-state index contributed by atoms with van der Waals surface area (Å²) >= 11 is 1.63. The van der Waals surface area contributed by atoms with Crippen LogP contribution in [0.5, 0.6) is 0 Å². The van der Waals surface area contributed by atoms with Crippen LogP contribution in [0.25, 0.3) is 6.08 Å². The minimum atomic E-state index is -0.674. The van der Waals surface area contributed by atoms with Crippen molar-refractivity contribution in [3.8, 4) is 0 Å². The van der Waals surface area contributed by atoms with Gasteiger partial charge in [0.1, 0.15) is 11.5 Å². The quantitative estimate of drug-likeness (QED) is 0.502. The summed E-state index contributed by atoms with van der Waals surface area (Å²) in [6, 6.07) is 3.15. The van der Waals surface area contributed by atoms with E-state index in [9.17, 15) is 9.59 Å².